The summed E-state index contributed by atoms with van der Waals surface area (Å²) in [4.78, 5) is 0.265. The van der Waals surface area contributed by atoms with E-state index in [1.54, 1.807) is 38.2 Å². The molecule has 0 unspecified atom stereocenters. The first-order chi connectivity index (χ1) is 6.97. The predicted octanol–water partition coefficient (Wildman–Crippen LogP) is 0.964. The molecule has 4 nitrogen and oxygen atoms in total. The van der Waals surface area contributed by atoms with Crippen molar-refractivity contribution in [2.24, 2.45) is 0 Å². The SMILES string of the molecule is C=C(NC)NS(=O)(=O)c1ccccc1C. The summed E-state index contributed by atoms with van der Waals surface area (Å²) in [6, 6.07) is 6.78. The highest BCUT2D eigenvalue weighted by Gasteiger charge is 2.15. The number of hydrogen-bond acceptors (Lipinski definition) is 3. The van der Waals surface area contributed by atoms with Crippen molar-refractivity contribution >= 4 is 10.0 Å². The van der Waals surface area contributed by atoms with Gasteiger partial charge in [0.25, 0.3) is 10.0 Å². The van der Waals surface area contributed by atoms with Crippen LogP contribution in [0.1, 0.15) is 5.56 Å². The Kier molecular flexibility index (Phi) is 3.36. The number of hydrogen-bond donors (Lipinski definition) is 2. The van der Waals surface area contributed by atoms with Crippen molar-refractivity contribution < 1.29 is 8.42 Å². The van der Waals surface area contributed by atoms with Crippen LogP contribution in [-0.4, -0.2) is 15.5 Å². The molecule has 1 rings (SSSR count). The maximum absolute atomic E-state index is 11.8. The molecule has 0 radical (unpaired) electrons. The van der Waals surface area contributed by atoms with Crippen LogP contribution in [0.3, 0.4) is 0 Å². The van der Waals surface area contributed by atoms with Crippen molar-refractivity contribution in [1.82, 2.24) is 10.0 Å². The standard InChI is InChI=1S/C10H14N2O2S/c1-8-6-4-5-7-10(8)15(13,14)12-9(2)11-3/h4-7,11-12H,2H2,1,3H3. The minimum absolute atomic E-state index is 0.248. The van der Waals surface area contributed by atoms with Crippen LogP contribution in [0.4, 0.5) is 0 Å². The molecule has 0 heterocycles. The zero-order valence-corrected chi connectivity index (χ0v) is 9.56. The number of aryl methyl sites for hydroxylation is 1. The lowest BCUT2D eigenvalue weighted by atomic mass is 10.2. The highest BCUT2D eigenvalue weighted by Crippen LogP contribution is 2.13. The Morgan fingerprint density at radius 1 is 1.33 bits per heavy atom. The van der Waals surface area contributed by atoms with Gasteiger partial charge in [0.2, 0.25) is 0 Å². The third kappa shape index (κ3) is 2.73. The molecule has 0 aliphatic carbocycles. The van der Waals surface area contributed by atoms with Gasteiger partial charge in [-0.1, -0.05) is 24.8 Å². The maximum Gasteiger partial charge on any atom is 0.263 e. The van der Waals surface area contributed by atoms with Gasteiger partial charge in [-0.2, -0.15) is 0 Å². The van der Waals surface area contributed by atoms with Crippen LogP contribution in [0.2, 0.25) is 0 Å². The van der Waals surface area contributed by atoms with E-state index in [1.165, 1.54) is 0 Å². The molecule has 82 valence electrons. The summed E-state index contributed by atoms with van der Waals surface area (Å²) in [6.07, 6.45) is 0. The molecule has 0 fully saturated rings. The third-order valence-corrected chi connectivity index (χ3v) is 3.49. The summed E-state index contributed by atoms with van der Waals surface area (Å²) in [5.74, 6) is 0.248. The van der Waals surface area contributed by atoms with Gasteiger partial charge >= 0.3 is 0 Å². The van der Waals surface area contributed by atoms with Crippen LogP contribution in [0, 0.1) is 6.92 Å². The summed E-state index contributed by atoms with van der Waals surface area (Å²) < 4.78 is 26.0. The van der Waals surface area contributed by atoms with Gasteiger partial charge in [0, 0.05) is 7.05 Å². The van der Waals surface area contributed by atoms with Gasteiger partial charge in [-0.25, -0.2) is 8.42 Å². The first-order valence-corrected chi connectivity index (χ1v) is 5.91. The van der Waals surface area contributed by atoms with E-state index in [1.807, 2.05) is 0 Å². The molecule has 0 atom stereocenters. The van der Waals surface area contributed by atoms with Crippen molar-refractivity contribution in [2.75, 3.05) is 7.05 Å². The Labute approximate surface area is 90.1 Å². The van der Waals surface area contributed by atoms with Gasteiger partial charge < -0.3 is 5.32 Å². The topological polar surface area (TPSA) is 58.2 Å². The Balaban J connectivity index is 3.07. The fourth-order valence-electron chi connectivity index (χ4n) is 1.13. The Bertz CT molecular complexity index is 466. The maximum atomic E-state index is 11.8. The van der Waals surface area contributed by atoms with E-state index < -0.39 is 10.0 Å². The van der Waals surface area contributed by atoms with E-state index in [0.29, 0.717) is 5.56 Å². The molecule has 2 N–H and O–H groups in total. The van der Waals surface area contributed by atoms with Crippen LogP contribution in [0.5, 0.6) is 0 Å². The average molecular weight is 226 g/mol. The molecule has 5 heteroatoms. The van der Waals surface area contributed by atoms with Crippen molar-refractivity contribution in [3.63, 3.8) is 0 Å². The van der Waals surface area contributed by atoms with Crippen molar-refractivity contribution in [1.29, 1.82) is 0 Å². The van der Waals surface area contributed by atoms with E-state index in [-0.39, 0.29) is 10.7 Å². The van der Waals surface area contributed by atoms with Crippen LogP contribution >= 0.6 is 0 Å². The minimum Gasteiger partial charge on any atom is -0.375 e. The normalized spacial score (nSPS) is 10.8. The van der Waals surface area contributed by atoms with Crippen LogP contribution < -0.4 is 10.0 Å². The van der Waals surface area contributed by atoms with Crippen molar-refractivity contribution in [3.05, 3.63) is 42.2 Å². The van der Waals surface area contributed by atoms with Crippen LogP contribution in [0.15, 0.2) is 41.6 Å². The van der Waals surface area contributed by atoms with E-state index in [9.17, 15) is 8.42 Å². The minimum atomic E-state index is -3.51. The molecule has 0 spiro atoms. The van der Waals surface area contributed by atoms with E-state index >= 15 is 0 Å². The summed E-state index contributed by atoms with van der Waals surface area (Å²) >= 11 is 0. The fraction of sp³-hybridized carbons (Fsp3) is 0.200. The molecule has 15 heavy (non-hydrogen) atoms. The average Bonchev–Trinajstić information content (AvgIpc) is 2.17. The van der Waals surface area contributed by atoms with Gasteiger partial charge in [-0.3, -0.25) is 4.72 Å². The Morgan fingerprint density at radius 3 is 2.47 bits per heavy atom. The summed E-state index contributed by atoms with van der Waals surface area (Å²) in [6.45, 7) is 5.26. The van der Waals surface area contributed by atoms with Crippen molar-refractivity contribution in [2.45, 2.75) is 11.8 Å². The van der Waals surface area contributed by atoms with Crippen molar-refractivity contribution in [3.8, 4) is 0 Å². The Hall–Kier alpha value is -1.49. The second-order valence-corrected chi connectivity index (χ2v) is 4.75. The van der Waals surface area contributed by atoms with Gasteiger partial charge in [-0.05, 0) is 18.6 Å². The summed E-state index contributed by atoms with van der Waals surface area (Å²) in [5, 5.41) is 2.63. The molecule has 1 aromatic carbocycles. The molecule has 0 aliphatic heterocycles. The second-order valence-electron chi connectivity index (χ2n) is 3.10. The molecule has 0 saturated heterocycles. The number of nitrogens with one attached hydrogen (secondary N) is 2. The second kappa shape index (κ2) is 4.35. The monoisotopic (exact) mass is 226 g/mol. The third-order valence-electron chi connectivity index (χ3n) is 1.94. The lowest BCUT2D eigenvalue weighted by molar-refractivity contribution is 0.585. The van der Waals surface area contributed by atoms with E-state index in [0.717, 1.165) is 0 Å². The molecule has 0 saturated carbocycles. The van der Waals surface area contributed by atoms with Gasteiger partial charge in [-0.15, -0.1) is 0 Å². The van der Waals surface area contributed by atoms with E-state index in [4.69, 9.17) is 0 Å². The quantitative estimate of drug-likeness (QED) is 0.804. The predicted molar refractivity (Wildman–Crippen MR) is 59.7 cm³/mol. The molecule has 0 aliphatic rings. The summed E-state index contributed by atoms with van der Waals surface area (Å²) in [5.41, 5.74) is 0.703. The molecule has 1 aromatic rings. The lowest BCUT2D eigenvalue weighted by Gasteiger charge is -2.11. The largest absolute Gasteiger partial charge is 0.375 e. The van der Waals surface area contributed by atoms with Gasteiger partial charge in [0.15, 0.2) is 0 Å². The zero-order valence-electron chi connectivity index (χ0n) is 8.74. The molecule has 0 amide bonds. The molecular formula is C10H14N2O2S. The van der Waals surface area contributed by atoms with Crippen LogP contribution in [0.25, 0.3) is 0 Å². The molecule has 0 bridgehead atoms. The number of rotatable bonds is 4. The Morgan fingerprint density at radius 2 is 1.93 bits per heavy atom. The molecular weight excluding hydrogens is 212 g/mol. The lowest BCUT2D eigenvalue weighted by Crippen LogP contribution is -2.29. The van der Waals surface area contributed by atoms with Gasteiger partial charge in [0.05, 0.1) is 4.90 Å². The zero-order chi connectivity index (χ0) is 11.5. The number of sulfonamides is 1. The van der Waals surface area contributed by atoms with Crippen LogP contribution in [-0.2, 0) is 10.0 Å². The highest BCUT2D eigenvalue weighted by molar-refractivity contribution is 7.89. The highest BCUT2D eigenvalue weighted by atomic mass is 32.2. The fourth-order valence-corrected chi connectivity index (χ4v) is 2.41. The smallest absolute Gasteiger partial charge is 0.263 e. The molecule has 0 aromatic heterocycles. The van der Waals surface area contributed by atoms with Gasteiger partial charge in [0.1, 0.15) is 5.82 Å². The number of benzene rings is 1. The summed E-state index contributed by atoms with van der Waals surface area (Å²) in [7, 11) is -1.91. The first kappa shape index (κ1) is 11.6. The first-order valence-electron chi connectivity index (χ1n) is 4.42. The van der Waals surface area contributed by atoms with E-state index in [2.05, 4.69) is 16.6 Å².